The maximum absolute atomic E-state index is 12.4. The summed E-state index contributed by atoms with van der Waals surface area (Å²) >= 11 is 0. The number of carbonyl (C=O) groups is 1. The van der Waals surface area contributed by atoms with Crippen molar-refractivity contribution in [3.63, 3.8) is 0 Å². The second-order valence-corrected chi connectivity index (χ2v) is 5.67. The van der Waals surface area contributed by atoms with E-state index in [0.717, 1.165) is 18.8 Å². The summed E-state index contributed by atoms with van der Waals surface area (Å²) in [4.78, 5) is 16.5. The molecule has 0 unspecified atom stereocenters. The molecular formula is C17H26N2O3. The fourth-order valence-electron chi connectivity index (χ4n) is 2.60. The number of likely N-dealkylation sites (N-methyl/N-ethyl adjacent to an activating group) is 1. The molecule has 1 atom stereocenters. The number of nitrogens with zero attached hydrogens (tertiary/aromatic N) is 2. The van der Waals surface area contributed by atoms with Crippen molar-refractivity contribution in [1.82, 2.24) is 9.80 Å². The number of rotatable bonds is 6. The third kappa shape index (κ3) is 4.71. The maximum Gasteiger partial charge on any atom is 0.236 e. The smallest absolute Gasteiger partial charge is 0.236 e. The Morgan fingerprint density at radius 3 is 2.73 bits per heavy atom. The molecule has 2 rings (SSSR count). The topological polar surface area (TPSA) is 42.0 Å². The normalized spacial score (nSPS) is 18.5. The summed E-state index contributed by atoms with van der Waals surface area (Å²) in [6, 6.07) is 7.99. The Balaban J connectivity index is 1.89. The molecular weight excluding hydrogens is 280 g/mol. The largest absolute Gasteiger partial charge is 0.497 e. The van der Waals surface area contributed by atoms with E-state index < -0.39 is 0 Å². The van der Waals surface area contributed by atoms with Crippen LogP contribution >= 0.6 is 0 Å². The summed E-state index contributed by atoms with van der Waals surface area (Å²) < 4.78 is 10.7. The molecule has 122 valence electrons. The first kappa shape index (κ1) is 16.8. The van der Waals surface area contributed by atoms with Crippen molar-refractivity contribution in [1.29, 1.82) is 0 Å². The van der Waals surface area contributed by atoms with Gasteiger partial charge in [0.1, 0.15) is 5.75 Å². The molecule has 1 aromatic rings. The molecule has 1 aromatic carbocycles. The van der Waals surface area contributed by atoms with Crippen molar-refractivity contribution in [3.8, 4) is 5.75 Å². The van der Waals surface area contributed by atoms with E-state index in [2.05, 4.69) is 11.8 Å². The molecule has 0 aliphatic carbocycles. The molecule has 5 heteroatoms. The van der Waals surface area contributed by atoms with E-state index >= 15 is 0 Å². The van der Waals surface area contributed by atoms with Crippen LogP contribution in [0.1, 0.15) is 19.4 Å². The van der Waals surface area contributed by atoms with Gasteiger partial charge in [-0.3, -0.25) is 9.69 Å². The average Bonchev–Trinajstić information content (AvgIpc) is 2.54. The molecule has 1 aliphatic heterocycles. The Morgan fingerprint density at radius 2 is 2.14 bits per heavy atom. The second-order valence-electron chi connectivity index (χ2n) is 5.67. The summed E-state index contributed by atoms with van der Waals surface area (Å²) in [6.45, 7) is 8.19. The molecule has 1 aliphatic rings. The van der Waals surface area contributed by atoms with Crippen LogP contribution in [0.15, 0.2) is 24.3 Å². The van der Waals surface area contributed by atoms with Gasteiger partial charge in [0.2, 0.25) is 5.91 Å². The number of morpholine rings is 1. The third-order valence-corrected chi connectivity index (χ3v) is 3.97. The van der Waals surface area contributed by atoms with Crippen molar-refractivity contribution >= 4 is 5.91 Å². The van der Waals surface area contributed by atoms with Gasteiger partial charge in [0, 0.05) is 19.6 Å². The van der Waals surface area contributed by atoms with Gasteiger partial charge in [0.15, 0.2) is 0 Å². The lowest BCUT2D eigenvalue weighted by molar-refractivity contribution is -0.139. The molecule has 5 nitrogen and oxygen atoms in total. The van der Waals surface area contributed by atoms with Crippen LogP contribution in [-0.2, 0) is 16.1 Å². The Morgan fingerprint density at radius 1 is 1.41 bits per heavy atom. The van der Waals surface area contributed by atoms with Crippen LogP contribution in [0.4, 0.5) is 0 Å². The highest BCUT2D eigenvalue weighted by Crippen LogP contribution is 2.13. The average molecular weight is 306 g/mol. The highest BCUT2D eigenvalue weighted by Gasteiger charge is 2.22. The Hall–Kier alpha value is -1.59. The number of benzene rings is 1. The zero-order chi connectivity index (χ0) is 15.9. The Bertz CT molecular complexity index is 475. The van der Waals surface area contributed by atoms with Gasteiger partial charge in [-0.15, -0.1) is 0 Å². The highest BCUT2D eigenvalue weighted by atomic mass is 16.5. The lowest BCUT2D eigenvalue weighted by atomic mass is 10.2. The van der Waals surface area contributed by atoms with E-state index in [4.69, 9.17) is 9.47 Å². The number of methoxy groups -OCH3 is 1. The van der Waals surface area contributed by atoms with Crippen LogP contribution in [0.25, 0.3) is 0 Å². The minimum absolute atomic E-state index is 0.134. The fraction of sp³-hybridized carbons (Fsp3) is 0.588. The third-order valence-electron chi connectivity index (χ3n) is 3.97. The Kier molecular flexibility index (Phi) is 6.21. The first-order valence-electron chi connectivity index (χ1n) is 7.87. The van der Waals surface area contributed by atoms with Crippen molar-refractivity contribution < 1.29 is 14.3 Å². The van der Waals surface area contributed by atoms with Crippen LogP contribution in [-0.4, -0.2) is 61.7 Å². The van der Waals surface area contributed by atoms with Gasteiger partial charge < -0.3 is 14.4 Å². The maximum atomic E-state index is 12.4. The summed E-state index contributed by atoms with van der Waals surface area (Å²) in [7, 11) is 1.66. The van der Waals surface area contributed by atoms with Gasteiger partial charge in [-0.2, -0.15) is 0 Å². The van der Waals surface area contributed by atoms with Gasteiger partial charge >= 0.3 is 0 Å². The quantitative estimate of drug-likeness (QED) is 0.803. The van der Waals surface area contributed by atoms with Crippen LogP contribution in [0.5, 0.6) is 5.75 Å². The summed E-state index contributed by atoms with van der Waals surface area (Å²) in [6.07, 6.45) is 0.134. The van der Waals surface area contributed by atoms with E-state index in [1.54, 1.807) is 7.11 Å². The lowest BCUT2D eigenvalue weighted by Crippen LogP contribution is -2.48. The molecule has 0 spiro atoms. The molecule has 1 saturated heterocycles. The van der Waals surface area contributed by atoms with Crippen LogP contribution < -0.4 is 4.74 Å². The van der Waals surface area contributed by atoms with E-state index in [9.17, 15) is 4.79 Å². The van der Waals surface area contributed by atoms with E-state index in [-0.39, 0.29) is 12.0 Å². The second kappa shape index (κ2) is 8.15. The molecule has 1 fully saturated rings. The predicted molar refractivity (Wildman–Crippen MR) is 85.9 cm³/mol. The first-order valence-corrected chi connectivity index (χ1v) is 7.87. The van der Waals surface area contributed by atoms with Crippen molar-refractivity contribution in [3.05, 3.63) is 29.8 Å². The minimum atomic E-state index is 0.134. The van der Waals surface area contributed by atoms with Crippen LogP contribution in [0.2, 0.25) is 0 Å². The number of amides is 1. The molecule has 22 heavy (non-hydrogen) atoms. The number of hydrogen-bond donors (Lipinski definition) is 0. The van der Waals surface area contributed by atoms with Crippen LogP contribution in [0.3, 0.4) is 0 Å². The van der Waals surface area contributed by atoms with Crippen molar-refractivity contribution in [2.45, 2.75) is 26.5 Å². The monoisotopic (exact) mass is 306 g/mol. The van der Waals surface area contributed by atoms with Gasteiger partial charge in [-0.25, -0.2) is 0 Å². The standard InChI is InChI=1S/C17H26N2O3/c1-4-18(12-15-5-7-16(21-3)8-6-15)13-17(20)19-9-10-22-14(2)11-19/h5-8,14H,4,9-13H2,1-3H3/t14-/m0/s1. The lowest BCUT2D eigenvalue weighted by Gasteiger charge is -2.32. The highest BCUT2D eigenvalue weighted by molar-refractivity contribution is 5.78. The minimum Gasteiger partial charge on any atom is -0.497 e. The summed E-state index contributed by atoms with van der Waals surface area (Å²) in [5, 5.41) is 0. The van der Waals surface area contributed by atoms with Gasteiger partial charge in [-0.1, -0.05) is 19.1 Å². The van der Waals surface area contributed by atoms with Crippen LogP contribution in [0, 0.1) is 0 Å². The van der Waals surface area contributed by atoms with Gasteiger partial charge in [0.25, 0.3) is 0 Å². The molecule has 0 aromatic heterocycles. The SMILES string of the molecule is CCN(CC(=O)N1CCO[C@@H](C)C1)Cc1ccc(OC)cc1. The van der Waals surface area contributed by atoms with E-state index in [1.807, 2.05) is 36.1 Å². The molecule has 1 heterocycles. The zero-order valence-electron chi connectivity index (χ0n) is 13.7. The van der Waals surface area contributed by atoms with Gasteiger partial charge in [-0.05, 0) is 31.2 Å². The predicted octanol–water partition coefficient (Wildman–Crippen LogP) is 1.76. The fourth-order valence-corrected chi connectivity index (χ4v) is 2.60. The molecule has 0 N–H and O–H groups in total. The van der Waals surface area contributed by atoms with Gasteiger partial charge in [0.05, 0.1) is 26.4 Å². The number of hydrogen-bond acceptors (Lipinski definition) is 4. The molecule has 0 bridgehead atoms. The van der Waals surface area contributed by atoms with E-state index in [1.165, 1.54) is 5.56 Å². The number of ether oxygens (including phenoxy) is 2. The van der Waals surface area contributed by atoms with Crippen molar-refractivity contribution in [2.75, 3.05) is 39.9 Å². The number of carbonyl (C=O) groups excluding carboxylic acids is 1. The zero-order valence-corrected chi connectivity index (χ0v) is 13.7. The molecule has 0 radical (unpaired) electrons. The summed E-state index contributed by atoms with van der Waals surface area (Å²) in [5.74, 6) is 1.04. The van der Waals surface area contributed by atoms with Crippen molar-refractivity contribution in [2.24, 2.45) is 0 Å². The first-order chi connectivity index (χ1) is 10.6. The van der Waals surface area contributed by atoms with E-state index in [0.29, 0.717) is 26.2 Å². The molecule has 1 amide bonds. The summed E-state index contributed by atoms with van der Waals surface area (Å²) in [5.41, 5.74) is 1.19. The molecule has 0 saturated carbocycles. The Labute approximate surface area is 132 Å².